The zero-order chi connectivity index (χ0) is 37.8. The third-order valence-electron chi connectivity index (χ3n) is 8.38. The Labute approximate surface area is 330 Å². The standard InChI is InChI=1S/C39H47Cl4N5O3S/c1-5-6-7-8-9-10-11-12-13-16-21-44-36(49)27-17-14-15-18-32(27)52-34-35(47-48(37(34)50)33-29(42)22-25(40)23-30(33)43)46-31-24-26(19-20-28(31)41)45-38(51)39(2,3)4/h14-15,17-20,22-24,46-47H,5-13,16,21H2,1-4H3,(H,44,49)(H,45,51). The molecule has 1 heterocycles. The van der Waals surface area contributed by atoms with Gasteiger partial charge in [0.1, 0.15) is 16.4 Å². The number of rotatable bonds is 18. The van der Waals surface area contributed by atoms with E-state index in [2.05, 4.69) is 28.0 Å². The van der Waals surface area contributed by atoms with Gasteiger partial charge in [-0.25, -0.2) is 4.68 Å². The van der Waals surface area contributed by atoms with Crippen molar-refractivity contribution >= 4 is 87.2 Å². The highest BCUT2D eigenvalue weighted by molar-refractivity contribution is 7.99. The van der Waals surface area contributed by atoms with Crippen molar-refractivity contribution < 1.29 is 9.59 Å². The zero-order valence-corrected chi connectivity index (χ0v) is 33.9. The number of amides is 2. The highest BCUT2D eigenvalue weighted by atomic mass is 35.5. The van der Waals surface area contributed by atoms with Gasteiger partial charge in [0.2, 0.25) is 5.91 Å². The van der Waals surface area contributed by atoms with Crippen LogP contribution in [0.4, 0.5) is 17.2 Å². The Balaban J connectivity index is 1.57. The number of H-pyrrole nitrogens is 1. The van der Waals surface area contributed by atoms with Gasteiger partial charge in [0.05, 0.1) is 26.3 Å². The van der Waals surface area contributed by atoms with Crippen LogP contribution in [0, 0.1) is 5.41 Å². The van der Waals surface area contributed by atoms with Crippen molar-refractivity contribution in [1.82, 2.24) is 15.1 Å². The number of nitrogens with one attached hydrogen (secondary N) is 4. The minimum absolute atomic E-state index is 0.153. The summed E-state index contributed by atoms with van der Waals surface area (Å²) in [5.41, 5.74) is 0.462. The number of carbonyl (C=O) groups is 2. The molecule has 0 unspecified atom stereocenters. The zero-order valence-electron chi connectivity index (χ0n) is 30.1. The Morgan fingerprint density at radius 2 is 1.42 bits per heavy atom. The summed E-state index contributed by atoms with van der Waals surface area (Å²) in [7, 11) is 0. The van der Waals surface area contributed by atoms with E-state index in [1.807, 2.05) is 26.8 Å². The molecule has 0 atom stereocenters. The quantitative estimate of drug-likeness (QED) is 0.0749. The van der Waals surface area contributed by atoms with Crippen molar-refractivity contribution in [1.29, 1.82) is 0 Å². The molecule has 13 heteroatoms. The molecule has 4 N–H and O–H groups in total. The molecule has 2 amide bonds. The molecule has 0 saturated heterocycles. The van der Waals surface area contributed by atoms with Crippen molar-refractivity contribution in [3.05, 3.63) is 90.6 Å². The lowest BCUT2D eigenvalue weighted by atomic mass is 9.95. The maximum absolute atomic E-state index is 14.2. The molecular formula is C39H47Cl4N5O3S. The average Bonchev–Trinajstić information content (AvgIpc) is 3.37. The van der Waals surface area contributed by atoms with E-state index < -0.39 is 11.0 Å². The second-order valence-electron chi connectivity index (χ2n) is 13.7. The van der Waals surface area contributed by atoms with Crippen LogP contribution in [0.2, 0.25) is 20.1 Å². The van der Waals surface area contributed by atoms with Gasteiger partial charge in [-0.3, -0.25) is 19.5 Å². The second kappa shape index (κ2) is 19.8. The summed E-state index contributed by atoms with van der Waals surface area (Å²) in [4.78, 5) is 41.1. The Morgan fingerprint density at radius 1 is 0.808 bits per heavy atom. The molecule has 1 aromatic heterocycles. The van der Waals surface area contributed by atoms with Crippen LogP contribution in [0.5, 0.6) is 0 Å². The number of aromatic nitrogens is 2. The van der Waals surface area contributed by atoms with E-state index >= 15 is 0 Å². The molecule has 0 spiro atoms. The summed E-state index contributed by atoms with van der Waals surface area (Å²) in [6.07, 6.45) is 12.1. The summed E-state index contributed by atoms with van der Waals surface area (Å²) < 4.78 is 1.22. The van der Waals surface area contributed by atoms with Crippen molar-refractivity contribution in [2.24, 2.45) is 5.41 Å². The minimum Gasteiger partial charge on any atom is -0.352 e. The van der Waals surface area contributed by atoms with Gasteiger partial charge >= 0.3 is 0 Å². The smallest absolute Gasteiger partial charge is 0.287 e. The molecule has 0 aliphatic carbocycles. The lowest BCUT2D eigenvalue weighted by molar-refractivity contribution is -0.123. The van der Waals surface area contributed by atoms with Gasteiger partial charge in [0, 0.05) is 27.6 Å². The molecule has 0 fully saturated rings. The number of halogens is 4. The highest BCUT2D eigenvalue weighted by Crippen LogP contribution is 2.38. The van der Waals surface area contributed by atoms with Gasteiger partial charge in [-0.1, -0.05) is 156 Å². The monoisotopic (exact) mass is 805 g/mol. The van der Waals surface area contributed by atoms with Crippen LogP contribution >= 0.6 is 58.2 Å². The van der Waals surface area contributed by atoms with Crippen molar-refractivity contribution in [2.45, 2.75) is 102 Å². The van der Waals surface area contributed by atoms with Crippen LogP contribution in [0.15, 0.2) is 69.2 Å². The van der Waals surface area contributed by atoms with Gasteiger partial charge < -0.3 is 16.0 Å². The first-order valence-electron chi connectivity index (χ1n) is 17.7. The normalized spacial score (nSPS) is 11.5. The van der Waals surface area contributed by atoms with Crippen molar-refractivity contribution in [3.8, 4) is 5.69 Å². The molecular weight excluding hydrogens is 760 g/mol. The molecule has 0 aliphatic heterocycles. The fourth-order valence-corrected chi connectivity index (χ4v) is 7.59. The van der Waals surface area contributed by atoms with E-state index in [1.54, 1.807) is 36.4 Å². The predicted octanol–water partition coefficient (Wildman–Crippen LogP) is 12.3. The number of aromatic amines is 1. The summed E-state index contributed by atoms with van der Waals surface area (Å²) in [6, 6.07) is 15.1. The summed E-state index contributed by atoms with van der Waals surface area (Å²) in [5, 5.41) is 13.2. The number of nitrogens with zero attached hydrogens (tertiary/aromatic N) is 1. The van der Waals surface area contributed by atoms with Gasteiger partial charge in [-0.2, -0.15) is 0 Å². The van der Waals surface area contributed by atoms with Gasteiger partial charge in [-0.15, -0.1) is 0 Å². The van der Waals surface area contributed by atoms with Crippen molar-refractivity contribution in [3.63, 3.8) is 0 Å². The molecule has 8 nitrogen and oxygen atoms in total. The van der Waals surface area contributed by atoms with E-state index in [1.165, 1.54) is 61.8 Å². The predicted molar refractivity (Wildman–Crippen MR) is 219 cm³/mol. The molecule has 0 aliphatic rings. The summed E-state index contributed by atoms with van der Waals surface area (Å²) >= 11 is 27.0. The van der Waals surface area contributed by atoms with Crippen LogP contribution in [-0.4, -0.2) is 28.1 Å². The number of hydrogen-bond donors (Lipinski definition) is 4. The number of hydrogen-bond acceptors (Lipinski definition) is 5. The summed E-state index contributed by atoms with van der Waals surface area (Å²) in [6.45, 7) is 8.25. The van der Waals surface area contributed by atoms with E-state index in [9.17, 15) is 14.4 Å². The fourth-order valence-electron chi connectivity index (χ4n) is 5.42. The van der Waals surface area contributed by atoms with E-state index in [-0.39, 0.29) is 38.3 Å². The molecule has 0 bridgehead atoms. The van der Waals surface area contributed by atoms with E-state index in [0.29, 0.717) is 38.4 Å². The van der Waals surface area contributed by atoms with Crippen LogP contribution in [0.1, 0.15) is 102 Å². The molecule has 4 rings (SSSR count). The Bertz CT molecular complexity index is 1880. The third-order valence-corrected chi connectivity index (χ3v) is 10.7. The summed E-state index contributed by atoms with van der Waals surface area (Å²) in [5.74, 6) is -0.135. The Morgan fingerprint density at radius 3 is 2.06 bits per heavy atom. The average molecular weight is 808 g/mol. The van der Waals surface area contributed by atoms with Crippen molar-refractivity contribution in [2.75, 3.05) is 17.2 Å². The third kappa shape index (κ3) is 11.7. The number of unbranched alkanes of at least 4 members (excludes halogenated alkanes) is 9. The number of benzene rings is 3. The minimum atomic E-state index is -0.621. The highest BCUT2D eigenvalue weighted by Gasteiger charge is 2.24. The Hall–Kier alpha value is -3.08. The van der Waals surface area contributed by atoms with Gasteiger partial charge in [0.15, 0.2) is 0 Å². The molecule has 280 valence electrons. The molecule has 52 heavy (non-hydrogen) atoms. The molecule has 0 saturated carbocycles. The molecule has 4 aromatic rings. The maximum Gasteiger partial charge on any atom is 0.287 e. The van der Waals surface area contributed by atoms with Crippen LogP contribution in [0.3, 0.4) is 0 Å². The first kappa shape index (κ1) is 41.7. The number of anilines is 3. The topological polar surface area (TPSA) is 108 Å². The molecule has 3 aromatic carbocycles. The first-order chi connectivity index (χ1) is 24.8. The number of carbonyl (C=O) groups excluding carboxylic acids is 2. The molecule has 0 radical (unpaired) electrons. The fraction of sp³-hybridized carbons (Fsp3) is 0.410. The van der Waals surface area contributed by atoms with Gasteiger partial charge in [0.25, 0.3) is 11.5 Å². The van der Waals surface area contributed by atoms with Crippen LogP contribution < -0.4 is 21.5 Å². The van der Waals surface area contributed by atoms with Crippen LogP contribution in [-0.2, 0) is 4.79 Å². The SMILES string of the molecule is CCCCCCCCCCCCNC(=O)c1ccccc1Sc1c(Nc2cc(NC(=O)C(C)(C)C)ccc2Cl)[nH]n(-c2c(Cl)cc(Cl)cc2Cl)c1=O. The van der Waals surface area contributed by atoms with E-state index in [4.69, 9.17) is 46.4 Å². The Kier molecular flexibility index (Phi) is 15.9. The second-order valence-corrected chi connectivity index (χ2v) is 16.4. The largest absolute Gasteiger partial charge is 0.352 e. The lowest BCUT2D eigenvalue weighted by Crippen LogP contribution is -2.27. The van der Waals surface area contributed by atoms with Gasteiger partial charge in [-0.05, 0) is 48.9 Å². The van der Waals surface area contributed by atoms with Crippen LogP contribution in [0.25, 0.3) is 5.69 Å². The lowest BCUT2D eigenvalue weighted by Gasteiger charge is -2.18. The maximum atomic E-state index is 14.2. The van der Waals surface area contributed by atoms with E-state index in [0.717, 1.165) is 31.0 Å². The first-order valence-corrected chi connectivity index (χ1v) is 20.1.